The Balaban J connectivity index is 2.22. The first kappa shape index (κ1) is 13.6. The Bertz CT molecular complexity index is 595. The molecule has 1 aromatic heterocycles. The van der Waals surface area contributed by atoms with Gasteiger partial charge in [-0.1, -0.05) is 0 Å². The molecule has 0 saturated heterocycles. The molecule has 1 heterocycles. The lowest BCUT2D eigenvalue weighted by Crippen LogP contribution is -2.03. The van der Waals surface area contributed by atoms with Gasteiger partial charge in [-0.2, -0.15) is 0 Å². The predicted molar refractivity (Wildman–Crippen MR) is 72.9 cm³/mol. The number of hydrogen-bond donors (Lipinski definition) is 0. The van der Waals surface area contributed by atoms with Gasteiger partial charge in [-0.15, -0.1) is 0 Å². The van der Waals surface area contributed by atoms with Crippen molar-refractivity contribution in [1.82, 2.24) is 9.55 Å². The molecule has 0 radical (unpaired) electrons. The number of ether oxygens (including phenoxy) is 2. The van der Waals surface area contributed by atoms with Gasteiger partial charge < -0.3 is 14.0 Å². The minimum absolute atomic E-state index is 0.374. The van der Waals surface area contributed by atoms with Crippen LogP contribution in [0.25, 0.3) is 0 Å². The van der Waals surface area contributed by atoms with Crippen LogP contribution in [0, 0.1) is 0 Å². The van der Waals surface area contributed by atoms with E-state index in [-0.39, 0.29) is 0 Å². The molecule has 19 heavy (non-hydrogen) atoms. The number of imidazole rings is 1. The van der Waals surface area contributed by atoms with Crippen molar-refractivity contribution in [2.45, 2.75) is 10.6 Å². The van der Waals surface area contributed by atoms with Gasteiger partial charge in [0, 0.05) is 30.4 Å². The van der Waals surface area contributed by atoms with E-state index in [1.165, 1.54) is 0 Å². The molecule has 0 N–H and O–H groups in total. The molecule has 2 aromatic rings. The molecule has 6 heteroatoms. The number of methoxy groups -OCH3 is 2. The Hall–Kier alpha value is -1.82. The van der Waals surface area contributed by atoms with E-state index < -0.39 is 10.8 Å². The molecule has 0 amide bonds. The van der Waals surface area contributed by atoms with E-state index in [0.29, 0.717) is 22.1 Å². The minimum Gasteiger partial charge on any atom is -0.493 e. The largest absolute Gasteiger partial charge is 0.493 e. The number of nitrogens with zero attached hydrogens (tertiary/aromatic N) is 2. The van der Waals surface area contributed by atoms with Gasteiger partial charge in [-0.05, 0) is 12.1 Å². The third kappa shape index (κ3) is 2.96. The minimum atomic E-state index is -1.16. The summed E-state index contributed by atoms with van der Waals surface area (Å²) >= 11 is 0. The van der Waals surface area contributed by atoms with Crippen LogP contribution in [-0.2, 0) is 23.6 Å². The molecule has 0 aliphatic carbocycles. The first-order chi connectivity index (χ1) is 9.15. The van der Waals surface area contributed by atoms with E-state index in [1.807, 2.05) is 17.8 Å². The Morgan fingerprint density at radius 3 is 2.58 bits per heavy atom. The molecule has 0 bridgehead atoms. The molecule has 1 unspecified atom stereocenters. The lowest BCUT2D eigenvalue weighted by atomic mass is 10.3. The van der Waals surface area contributed by atoms with Gasteiger partial charge in [0.2, 0.25) is 0 Å². The standard InChI is InChI=1S/C13H16N2O3S/c1-15-7-6-14-13(15)9-19(16)10-4-5-11(17-2)12(8-10)18-3/h4-8H,9H2,1-3H3. The summed E-state index contributed by atoms with van der Waals surface area (Å²) in [6, 6.07) is 5.27. The van der Waals surface area contributed by atoms with E-state index in [4.69, 9.17) is 9.47 Å². The number of hydrogen-bond acceptors (Lipinski definition) is 4. The third-order valence-corrected chi connectivity index (χ3v) is 4.10. The summed E-state index contributed by atoms with van der Waals surface area (Å²) in [4.78, 5) is 4.87. The van der Waals surface area contributed by atoms with Gasteiger partial charge in [0.05, 0.1) is 30.8 Å². The lowest BCUT2D eigenvalue weighted by molar-refractivity contribution is 0.354. The quantitative estimate of drug-likeness (QED) is 0.837. The highest BCUT2D eigenvalue weighted by Gasteiger charge is 2.12. The van der Waals surface area contributed by atoms with Crippen LogP contribution >= 0.6 is 0 Å². The van der Waals surface area contributed by atoms with E-state index in [0.717, 1.165) is 5.82 Å². The molecule has 0 fully saturated rings. The Labute approximate surface area is 114 Å². The second-order valence-electron chi connectivity index (χ2n) is 3.96. The summed E-state index contributed by atoms with van der Waals surface area (Å²) in [5.74, 6) is 2.36. The molecule has 1 atom stereocenters. The van der Waals surface area contributed by atoms with Crippen molar-refractivity contribution < 1.29 is 13.7 Å². The zero-order chi connectivity index (χ0) is 13.8. The molecule has 0 spiro atoms. The van der Waals surface area contributed by atoms with Gasteiger partial charge in [0.25, 0.3) is 0 Å². The zero-order valence-electron chi connectivity index (χ0n) is 11.1. The maximum Gasteiger partial charge on any atom is 0.161 e. The van der Waals surface area contributed by atoms with Crippen LogP contribution in [0.4, 0.5) is 0 Å². The number of aromatic nitrogens is 2. The zero-order valence-corrected chi connectivity index (χ0v) is 11.9. The molecule has 0 aliphatic heterocycles. The van der Waals surface area contributed by atoms with E-state index >= 15 is 0 Å². The van der Waals surface area contributed by atoms with E-state index in [1.54, 1.807) is 38.6 Å². The van der Waals surface area contributed by atoms with Crippen LogP contribution in [0.15, 0.2) is 35.5 Å². The monoisotopic (exact) mass is 280 g/mol. The first-order valence-corrected chi connectivity index (χ1v) is 7.04. The fraction of sp³-hybridized carbons (Fsp3) is 0.308. The van der Waals surface area contributed by atoms with Crippen molar-refractivity contribution >= 4 is 10.8 Å². The molecule has 2 rings (SSSR count). The van der Waals surface area contributed by atoms with Crippen LogP contribution < -0.4 is 9.47 Å². The van der Waals surface area contributed by atoms with E-state index in [2.05, 4.69) is 4.98 Å². The second kappa shape index (κ2) is 5.88. The fourth-order valence-electron chi connectivity index (χ4n) is 1.69. The average Bonchev–Trinajstić information content (AvgIpc) is 2.83. The Morgan fingerprint density at radius 1 is 1.26 bits per heavy atom. The first-order valence-electron chi connectivity index (χ1n) is 5.72. The molecule has 0 saturated carbocycles. The van der Waals surface area contributed by atoms with Crippen molar-refractivity contribution in [2.24, 2.45) is 7.05 Å². The van der Waals surface area contributed by atoms with Gasteiger partial charge in [-0.3, -0.25) is 4.21 Å². The topological polar surface area (TPSA) is 53.3 Å². The number of aryl methyl sites for hydroxylation is 1. The Morgan fingerprint density at radius 2 is 2.00 bits per heavy atom. The Kier molecular flexibility index (Phi) is 4.21. The average molecular weight is 280 g/mol. The number of rotatable bonds is 5. The van der Waals surface area contributed by atoms with Crippen molar-refractivity contribution in [3.63, 3.8) is 0 Å². The highest BCUT2D eigenvalue weighted by atomic mass is 32.2. The van der Waals surface area contributed by atoms with Crippen LogP contribution in [0.1, 0.15) is 5.82 Å². The summed E-state index contributed by atoms with van der Waals surface area (Å²) in [5, 5.41) is 0. The smallest absolute Gasteiger partial charge is 0.161 e. The van der Waals surface area contributed by atoms with Crippen molar-refractivity contribution in [1.29, 1.82) is 0 Å². The summed E-state index contributed by atoms with van der Waals surface area (Å²) in [6.07, 6.45) is 3.53. The van der Waals surface area contributed by atoms with Crippen molar-refractivity contribution in [2.75, 3.05) is 14.2 Å². The second-order valence-corrected chi connectivity index (χ2v) is 5.41. The van der Waals surface area contributed by atoms with Crippen molar-refractivity contribution in [3.8, 4) is 11.5 Å². The van der Waals surface area contributed by atoms with Gasteiger partial charge in [-0.25, -0.2) is 4.98 Å². The van der Waals surface area contributed by atoms with Crippen LogP contribution in [-0.4, -0.2) is 28.0 Å². The molecular formula is C13H16N2O3S. The molecule has 1 aromatic carbocycles. The molecule has 5 nitrogen and oxygen atoms in total. The van der Waals surface area contributed by atoms with Crippen LogP contribution in [0.5, 0.6) is 11.5 Å². The normalized spacial score (nSPS) is 12.2. The van der Waals surface area contributed by atoms with Gasteiger partial charge >= 0.3 is 0 Å². The number of benzene rings is 1. The molecular weight excluding hydrogens is 264 g/mol. The van der Waals surface area contributed by atoms with Crippen molar-refractivity contribution in [3.05, 3.63) is 36.4 Å². The summed E-state index contributed by atoms with van der Waals surface area (Å²) in [7, 11) is 3.85. The maximum absolute atomic E-state index is 12.3. The predicted octanol–water partition coefficient (Wildman–Crippen LogP) is 1.75. The van der Waals surface area contributed by atoms with Gasteiger partial charge in [0.1, 0.15) is 5.82 Å². The highest BCUT2D eigenvalue weighted by Crippen LogP contribution is 2.29. The highest BCUT2D eigenvalue weighted by molar-refractivity contribution is 7.84. The summed E-state index contributed by atoms with van der Waals surface area (Å²) in [6.45, 7) is 0. The maximum atomic E-state index is 12.3. The fourth-order valence-corrected chi connectivity index (χ4v) is 2.83. The van der Waals surface area contributed by atoms with Crippen LogP contribution in [0.2, 0.25) is 0 Å². The van der Waals surface area contributed by atoms with Gasteiger partial charge in [0.15, 0.2) is 11.5 Å². The lowest BCUT2D eigenvalue weighted by Gasteiger charge is -2.09. The molecule has 102 valence electrons. The van der Waals surface area contributed by atoms with E-state index in [9.17, 15) is 4.21 Å². The van der Waals surface area contributed by atoms with Crippen LogP contribution in [0.3, 0.4) is 0 Å². The SMILES string of the molecule is COc1ccc(S(=O)Cc2nccn2C)cc1OC. The third-order valence-electron chi connectivity index (χ3n) is 2.80. The summed E-state index contributed by atoms with van der Waals surface area (Å²) < 4.78 is 24.5. The summed E-state index contributed by atoms with van der Waals surface area (Å²) in [5.41, 5.74) is 0. The molecule has 0 aliphatic rings.